The van der Waals surface area contributed by atoms with E-state index in [1.165, 1.54) is 12.1 Å². The maximum Gasteiger partial charge on any atom is 0.253 e. The normalized spacial score (nSPS) is 14.0. The standard InChI is InChI=1S/C26H25FN4O4/c1-16(15-33-2)34-19-11-18(24-29-22-5-3-8-28-25(22)30-24)12-20(14-19)35-23-7-6-17(13-21(23)27)26(32)31-9-4-10-31/h3,5-8,11-14,16H,4,9-10,15H2,1-2H3,(H,28,29,30)/t16-/m0/s1. The molecule has 2 aromatic carbocycles. The molecular formula is C26H25FN4O4. The number of aromatic nitrogens is 3. The third-order valence-corrected chi connectivity index (χ3v) is 5.70. The van der Waals surface area contributed by atoms with Crippen molar-refractivity contribution in [2.24, 2.45) is 0 Å². The number of hydrogen-bond donors (Lipinski definition) is 1. The summed E-state index contributed by atoms with van der Waals surface area (Å²) in [5.41, 5.74) is 2.36. The highest BCUT2D eigenvalue weighted by Crippen LogP contribution is 2.34. The second kappa shape index (κ2) is 9.71. The number of rotatable bonds is 8. The molecule has 0 aliphatic carbocycles. The van der Waals surface area contributed by atoms with Crippen LogP contribution >= 0.6 is 0 Å². The number of likely N-dealkylation sites (tertiary alicyclic amines) is 1. The van der Waals surface area contributed by atoms with Crippen LogP contribution in [0, 0.1) is 5.82 Å². The van der Waals surface area contributed by atoms with Crippen LogP contribution in [0.25, 0.3) is 22.6 Å². The number of hydrogen-bond acceptors (Lipinski definition) is 6. The molecule has 1 aliphatic heterocycles. The minimum Gasteiger partial charge on any atom is -0.488 e. The summed E-state index contributed by atoms with van der Waals surface area (Å²) in [4.78, 5) is 26.1. The fraction of sp³-hybridized carbons (Fsp3) is 0.269. The number of benzene rings is 2. The highest BCUT2D eigenvalue weighted by molar-refractivity contribution is 5.94. The Labute approximate surface area is 201 Å². The molecule has 0 saturated carbocycles. The number of carbonyl (C=O) groups excluding carboxylic acids is 1. The van der Waals surface area contributed by atoms with Gasteiger partial charge >= 0.3 is 0 Å². The van der Waals surface area contributed by atoms with Gasteiger partial charge in [0.1, 0.15) is 23.4 Å². The van der Waals surface area contributed by atoms with E-state index in [1.54, 1.807) is 36.4 Å². The van der Waals surface area contributed by atoms with Crippen LogP contribution in [-0.4, -0.2) is 58.7 Å². The summed E-state index contributed by atoms with van der Waals surface area (Å²) in [5, 5.41) is 0. The van der Waals surface area contributed by atoms with E-state index in [4.69, 9.17) is 14.2 Å². The van der Waals surface area contributed by atoms with Gasteiger partial charge in [0.2, 0.25) is 0 Å². The zero-order valence-electron chi connectivity index (χ0n) is 19.5. The first-order valence-corrected chi connectivity index (χ1v) is 11.4. The number of methoxy groups -OCH3 is 1. The average Bonchev–Trinajstić information content (AvgIpc) is 3.24. The van der Waals surface area contributed by atoms with Crippen LogP contribution in [0.4, 0.5) is 4.39 Å². The Balaban J connectivity index is 1.46. The van der Waals surface area contributed by atoms with E-state index in [0.29, 0.717) is 53.8 Å². The second-order valence-corrected chi connectivity index (χ2v) is 8.43. The van der Waals surface area contributed by atoms with Crippen molar-refractivity contribution in [3.8, 4) is 28.6 Å². The SMILES string of the molecule is COC[C@H](C)Oc1cc(Oc2ccc(C(=O)N3CCC3)cc2F)cc(-c2nc3ncccc3[nH]2)c1. The number of amides is 1. The number of ether oxygens (including phenoxy) is 3. The third kappa shape index (κ3) is 4.95. The molecule has 1 fully saturated rings. The molecule has 5 rings (SSSR count). The van der Waals surface area contributed by atoms with Crippen LogP contribution in [0.3, 0.4) is 0 Å². The van der Waals surface area contributed by atoms with Crippen molar-refractivity contribution in [1.29, 1.82) is 0 Å². The van der Waals surface area contributed by atoms with Crippen LogP contribution in [0.5, 0.6) is 17.2 Å². The molecule has 0 spiro atoms. The van der Waals surface area contributed by atoms with Crippen LogP contribution in [0.1, 0.15) is 23.7 Å². The lowest BCUT2D eigenvalue weighted by Gasteiger charge is -2.30. The predicted octanol–water partition coefficient (Wildman–Crippen LogP) is 4.82. The van der Waals surface area contributed by atoms with E-state index in [-0.39, 0.29) is 17.8 Å². The Morgan fingerprint density at radius 2 is 2.00 bits per heavy atom. The lowest BCUT2D eigenvalue weighted by Crippen LogP contribution is -2.42. The van der Waals surface area contributed by atoms with Gasteiger partial charge < -0.3 is 24.1 Å². The fourth-order valence-electron chi connectivity index (χ4n) is 3.86. The molecule has 1 aliphatic rings. The number of aromatic amines is 1. The first-order valence-electron chi connectivity index (χ1n) is 11.4. The van der Waals surface area contributed by atoms with Crippen molar-refractivity contribution in [2.75, 3.05) is 26.8 Å². The molecule has 180 valence electrons. The number of imidazole rings is 1. The van der Waals surface area contributed by atoms with Crippen molar-refractivity contribution >= 4 is 17.1 Å². The first-order chi connectivity index (χ1) is 17.0. The van der Waals surface area contributed by atoms with Gasteiger partial charge in [-0.2, -0.15) is 0 Å². The number of H-pyrrole nitrogens is 1. The molecular weight excluding hydrogens is 451 g/mol. The highest BCUT2D eigenvalue weighted by Gasteiger charge is 2.23. The maximum atomic E-state index is 14.9. The van der Waals surface area contributed by atoms with Crippen molar-refractivity contribution < 1.29 is 23.4 Å². The molecule has 35 heavy (non-hydrogen) atoms. The van der Waals surface area contributed by atoms with Crippen molar-refractivity contribution in [3.63, 3.8) is 0 Å². The van der Waals surface area contributed by atoms with Crippen LogP contribution in [0.15, 0.2) is 54.7 Å². The molecule has 0 unspecified atom stereocenters. The van der Waals surface area contributed by atoms with Crippen LogP contribution in [0.2, 0.25) is 0 Å². The third-order valence-electron chi connectivity index (χ3n) is 5.70. The van der Waals surface area contributed by atoms with E-state index < -0.39 is 5.82 Å². The van der Waals surface area contributed by atoms with Gasteiger partial charge in [-0.1, -0.05) is 0 Å². The molecule has 1 N–H and O–H groups in total. The number of nitrogens with zero attached hydrogens (tertiary/aromatic N) is 3. The number of halogens is 1. The Morgan fingerprint density at radius 3 is 2.71 bits per heavy atom. The molecule has 4 aromatic rings. The molecule has 1 amide bonds. The van der Waals surface area contributed by atoms with Crippen LogP contribution in [-0.2, 0) is 4.74 Å². The summed E-state index contributed by atoms with van der Waals surface area (Å²) in [6.45, 7) is 3.69. The van der Waals surface area contributed by atoms with Gasteiger partial charge in [0.15, 0.2) is 17.2 Å². The molecule has 2 aromatic heterocycles. The predicted molar refractivity (Wildman–Crippen MR) is 128 cm³/mol. The Morgan fingerprint density at radius 1 is 1.17 bits per heavy atom. The quantitative estimate of drug-likeness (QED) is 0.392. The van der Waals surface area contributed by atoms with E-state index in [9.17, 15) is 9.18 Å². The summed E-state index contributed by atoms with van der Waals surface area (Å²) in [7, 11) is 1.60. The molecule has 9 heteroatoms. The highest BCUT2D eigenvalue weighted by atomic mass is 19.1. The van der Waals surface area contributed by atoms with Crippen LogP contribution < -0.4 is 9.47 Å². The van der Waals surface area contributed by atoms with E-state index in [0.717, 1.165) is 11.9 Å². The molecule has 1 saturated heterocycles. The summed E-state index contributed by atoms with van der Waals surface area (Å²) in [6, 6.07) is 13.2. The Kier molecular flexibility index (Phi) is 6.33. The largest absolute Gasteiger partial charge is 0.488 e. The summed E-state index contributed by atoms with van der Waals surface area (Å²) in [6.07, 6.45) is 2.43. The monoisotopic (exact) mass is 476 g/mol. The Hall–Kier alpha value is -3.98. The van der Waals surface area contributed by atoms with Gasteiger partial charge in [0.05, 0.1) is 12.1 Å². The van der Waals surface area contributed by atoms with Crippen molar-refractivity contribution in [3.05, 3.63) is 66.1 Å². The summed E-state index contributed by atoms with van der Waals surface area (Å²) >= 11 is 0. The lowest BCUT2D eigenvalue weighted by molar-refractivity contribution is 0.0651. The van der Waals surface area contributed by atoms with Gasteiger partial charge in [0.25, 0.3) is 5.91 Å². The van der Waals surface area contributed by atoms with Gasteiger partial charge in [0, 0.05) is 43.6 Å². The number of pyridine rings is 1. The molecule has 0 radical (unpaired) electrons. The molecule has 3 heterocycles. The summed E-state index contributed by atoms with van der Waals surface area (Å²) < 4.78 is 31.9. The second-order valence-electron chi connectivity index (χ2n) is 8.43. The van der Waals surface area contributed by atoms with Gasteiger partial charge in [-0.3, -0.25) is 4.79 Å². The average molecular weight is 477 g/mol. The van der Waals surface area contributed by atoms with E-state index in [2.05, 4.69) is 15.0 Å². The van der Waals surface area contributed by atoms with Gasteiger partial charge in [-0.15, -0.1) is 0 Å². The zero-order valence-corrected chi connectivity index (χ0v) is 19.5. The summed E-state index contributed by atoms with van der Waals surface area (Å²) in [5.74, 6) is 0.653. The fourth-order valence-corrected chi connectivity index (χ4v) is 3.86. The number of fused-ring (bicyclic) bond motifs is 1. The number of nitrogens with one attached hydrogen (secondary N) is 1. The van der Waals surface area contributed by atoms with Gasteiger partial charge in [-0.25, -0.2) is 14.4 Å². The minimum atomic E-state index is -0.620. The number of carbonyl (C=O) groups is 1. The Bertz CT molecular complexity index is 1340. The van der Waals surface area contributed by atoms with Crippen molar-refractivity contribution in [2.45, 2.75) is 19.4 Å². The molecule has 8 nitrogen and oxygen atoms in total. The topological polar surface area (TPSA) is 89.6 Å². The smallest absolute Gasteiger partial charge is 0.253 e. The first kappa shape index (κ1) is 22.8. The maximum absolute atomic E-state index is 14.9. The molecule has 1 atom stereocenters. The zero-order chi connectivity index (χ0) is 24.4. The van der Waals surface area contributed by atoms with E-state index in [1.807, 2.05) is 25.1 Å². The van der Waals surface area contributed by atoms with Crippen molar-refractivity contribution in [1.82, 2.24) is 19.9 Å². The molecule has 0 bridgehead atoms. The minimum absolute atomic E-state index is 0.00414. The lowest BCUT2D eigenvalue weighted by atomic mass is 10.1. The van der Waals surface area contributed by atoms with E-state index >= 15 is 0 Å². The van der Waals surface area contributed by atoms with Gasteiger partial charge in [-0.05, 0) is 55.8 Å².